The van der Waals surface area contributed by atoms with Crippen LogP contribution in [0.1, 0.15) is 18.5 Å². The molecule has 5 nitrogen and oxygen atoms in total. The quantitative estimate of drug-likeness (QED) is 0.732. The zero-order valence-corrected chi connectivity index (χ0v) is 14.5. The molecule has 3 aromatic rings. The zero-order valence-electron chi connectivity index (χ0n) is 14.5. The fourth-order valence-electron chi connectivity index (χ4n) is 3.55. The van der Waals surface area contributed by atoms with Crippen LogP contribution in [0.2, 0.25) is 0 Å². The molecule has 0 amide bonds. The van der Waals surface area contributed by atoms with Crippen molar-refractivity contribution in [2.75, 3.05) is 18.0 Å². The van der Waals surface area contributed by atoms with Gasteiger partial charge in [0, 0.05) is 49.4 Å². The van der Waals surface area contributed by atoms with Gasteiger partial charge >= 0.3 is 0 Å². The van der Waals surface area contributed by atoms with E-state index in [2.05, 4.69) is 37.6 Å². The Bertz CT molecular complexity index is 813. The molecule has 0 saturated carbocycles. The van der Waals surface area contributed by atoms with Crippen LogP contribution >= 0.6 is 0 Å². The standard InChI is InChI=1S/C20H23N5/c1-16-12-19(23-20(22-16)18-7-3-2-4-8-18)25-10-5-6-17(14-25)13-24-11-9-21-15-24/h2-4,7-9,11-12,15,17H,5-6,10,13-14H2,1H3/t17-/m1/s1. The van der Waals surface area contributed by atoms with Gasteiger partial charge in [0.1, 0.15) is 5.82 Å². The minimum absolute atomic E-state index is 0.624. The molecule has 1 fully saturated rings. The van der Waals surface area contributed by atoms with Crippen LogP contribution in [-0.4, -0.2) is 32.6 Å². The molecule has 1 aliphatic rings. The van der Waals surface area contributed by atoms with Crippen LogP contribution in [0.15, 0.2) is 55.1 Å². The lowest BCUT2D eigenvalue weighted by molar-refractivity contribution is 0.365. The molecule has 3 heterocycles. The van der Waals surface area contributed by atoms with Crippen molar-refractivity contribution in [3.63, 3.8) is 0 Å². The van der Waals surface area contributed by atoms with Crippen molar-refractivity contribution in [2.45, 2.75) is 26.3 Å². The van der Waals surface area contributed by atoms with Crippen molar-refractivity contribution < 1.29 is 0 Å². The second kappa shape index (κ2) is 7.05. The highest BCUT2D eigenvalue weighted by molar-refractivity contribution is 5.57. The molecule has 1 saturated heterocycles. The van der Waals surface area contributed by atoms with E-state index in [0.29, 0.717) is 5.92 Å². The summed E-state index contributed by atoms with van der Waals surface area (Å²) in [5.41, 5.74) is 2.08. The van der Waals surface area contributed by atoms with E-state index in [1.807, 2.05) is 43.8 Å². The molecule has 4 rings (SSSR count). The lowest BCUT2D eigenvalue weighted by Gasteiger charge is -2.34. The first-order chi connectivity index (χ1) is 12.3. The Balaban J connectivity index is 1.55. The van der Waals surface area contributed by atoms with Gasteiger partial charge < -0.3 is 9.47 Å². The van der Waals surface area contributed by atoms with E-state index in [4.69, 9.17) is 4.98 Å². The molecule has 0 unspecified atom stereocenters. The highest BCUT2D eigenvalue weighted by Crippen LogP contribution is 2.25. The summed E-state index contributed by atoms with van der Waals surface area (Å²) in [6, 6.07) is 12.3. The summed E-state index contributed by atoms with van der Waals surface area (Å²) in [4.78, 5) is 16.0. The molecule has 0 radical (unpaired) electrons. The summed E-state index contributed by atoms with van der Waals surface area (Å²) in [6.45, 7) is 5.16. The number of hydrogen-bond donors (Lipinski definition) is 0. The van der Waals surface area contributed by atoms with Gasteiger partial charge in [-0.3, -0.25) is 0 Å². The van der Waals surface area contributed by atoms with Crippen molar-refractivity contribution in [1.29, 1.82) is 0 Å². The molecule has 0 N–H and O–H groups in total. The second-order valence-corrected chi connectivity index (χ2v) is 6.77. The lowest BCUT2D eigenvalue weighted by Crippen LogP contribution is -2.37. The van der Waals surface area contributed by atoms with E-state index in [0.717, 1.165) is 42.5 Å². The third-order valence-corrected chi connectivity index (χ3v) is 4.74. The number of nitrogens with zero attached hydrogens (tertiary/aromatic N) is 5. The number of hydrogen-bond acceptors (Lipinski definition) is 4. The molecule has 2 aromatic heterocycles. The van der Waals surface area contributed by atoms with Gasteiger partial charge in [0.25, 0.3) is 0 Å². The maximum absolute atomic E-state index is 4.85. The molecule has 0 spiro atoms. The number of anilines is 1. The first-order valence-corrected chi connectivity index (χ1v) is 8.90. The molecular formula is C20H23N5. The Morgan fingerprint density at radius 1 is 1.16 bits per heavy atom. The SMILES string of the molecule is Cc1cc(N2CCC[C@H](Cn3ccnc3)C2)nc(-c2ccccc2)n1. The van der Waals surface area contributed by atoms with Gasteiger partial charge in [0.05, 0.1) is 6.33 Å². The molecule has 1 aromatic carbocycles. The largest absolute Gasteiger partial charge is 0.356 e. The number of imidazole rings is 1. The zero-order chi connectivity index (χ0) is 17.1. The third kappa shape index (κ3) is 3.71. The number of rotatable bonds is 4. The number of aryl methyl sites for hydroxylation is 1. The second-order valence-electron chi connectivity index (χ2n) is 6.77. The summed E-state index contributed by atoms with van der Waals surface area (Å²) < 4.78 is 2.18. The van der Waals surface area contributed by atoms with Crippen LogP contribution in [0.5, 0.6) is 0 Å². The van der Waals surface area contributed by atoms with Gasteiger partial charge in [-0.1, -0.05) is 30.3 Å². The lowest BCUT2D eigenvalue weighted by atomic mass is 9.98. The first kappa shape index (κ1) is 15.8. The molecule has 25 heavy (non-hydrogen) atoms. The van der Waals surface area contributed by atoms with Crippen molar-refractivity contribution >= 4 is 5.82 Å². The Kier molecular flexibility index (Phi) is 4.46. The van der Waals surface area contributed by atoms with Crippen LogP contribution in [0.25, 0.3) is 11.4 Å². The van der Waals surface area contributed by atoms with E-state index in [1.54, 1.807) is 0 Å². The Labute approximate surface area is 148 Å². The maximum atomic E-state index is 4.85. The van der Waals surface area contributed by atoms with Crippen LogP contribution in [-0.2, 0) is 6.54 Å². The molecule has 1 aliphatic heterocycles. The van der Waals surface area contributed by atoms with Crippen molar-refractivity contribution in [2.24, 2.45) is 5.92 Å². The van der Waals surface area contributed by atoms with E-state index >= 15 is 0 Å². The number of aromatic nitrogens is 4. The van der Waals surface area contributed by atoms with E-state index in [1.165, 1.54) is 12.8 Å². The summed E-state index contributed by atoms with van der Waals surface area (Å²) in [5.74, 6) is 2.48. The predicted octanol–water partition coefficient (Wildman–Crippen LogP) is 3.57. The average Bonchev–Trinajstić information content (AvgIpc) is 3.15. The van der Waals surface area contributed by atoms with Crippen molar-refractivity contribution in [3.05, 3.63) is 60.8 Å². The summed E-state index contributed by atoms with van der Waals surface area (Å²) in [6.07, 6.45) is 8.25. The molecule has 128 valence electrons. The summed E-state index contributed by atoms with van der Waals surface area (Å²) in [5, 5.41) is 0. The van der Waals surface area contributed by atoms with E-state index < -0.39 is 0 Å². The van der Waals surface area contributed by atoms with Crippen LogP contribution in [0.4, 0.5) is 5.82 Å². The maximum Gasteiger partial charge on any atom is 0.161 e. The minimum Gasteiger partial charge on any atom is -0.356 e. The van der Waals surface area contributed by atoms with Gasteiger partial charge in [-0.25, -0.2) is 15.0 Å². The normalized spacial score (nSPS) is 17.6. The minimum atomic E-state index is 0.624. The van der Waals surface area contributed by atoms with Crippen molar-refractivity contribution in [3.8, 4) is 11.4 Å². The van der Waals surface area contributed by atoms with Gasteiger partial charge in [0.2, 0.25) is 0 Å². The van der Waals surface area contributed by atoms with Gasteiger partial charge in [-0.15, -0.1) is 0 Å². The van der Waals surface area contributed by atoms with Crippen LogP contribution in [0.3, 0.4) is 0 Å². The Morgan fingerprint density at radius 2 is 2.04 bits per heavy atom. The van der Waals surface area contributed by atoms with E-state index in [9.17, 15) is 0 Å². The van der Waals surface area contributed by atoms with Crippen LogP contribution < -0.4 is 4.90 Å². The smallest absolute Gasteiger partial charge is 0.161 e. The number of piperidine rings is 1. The topological polar surface area (TPSA) is 46.8 Å². The van der Waals surface area contributed by atoms with Gasteiger partial charge in [-0.2, -0.15) is 0 Å². The Hall–Kier alpha value is -2.69. The summed E-state index contributed by atoms with van der Waals surface area (Å²) >= 11 is 0. The molecule has 5 heteroatoms. The fourth-order valence-corrected chi connectivity index (χ4v) is 3.55. The van der Waals surface area contributed by atoms with Crippen molar-refractivity contribution in [1.82, 2.24) is 19.5 Å². The van der Waals surface area contributed by atoms with Gasteiger partial charge in [0.15, 0.2) is 5.82 Å². The number of benzene rings is 1. The molecule has 0 bridgehead atoms. The van der Waals surface area contributed by atoms with Crippen LogP contribution in [0, 0.1) is 12.8 Å². The fraction of sp³-hybridized carbons (Fsp3) is 0.350. The summed E-state index contributed by atoms with van der Waals surface area (Å²) in [7, 11) is 0. The molecular weight excluding hydrogens is 310 g/mol. The Morgan fingerprint density at radius 3 is 2.84 bits per heavy atom. The van der Waals surface area contributed by atoms with Gasteiger partial charge in [-0.05, 0) is 25.7 Å². The monoisotopic (exact) mass is 333 g/mol. The first-order valence-electron chi connectivity index (χ1n) is 8.90. The highest BCUT2D eigenvalue weighted by Gasteiger charge is 2.22. The predicted molar refractivity (Wildman–Crippen MR) is 99.4 cm³/mol. The third-order valence-electron chi connectivity index (χ3n) is 4.74. The highest BCUT2D eigenvalue weighted by atomic mass is 15.2. The van der Waals surface area contributed by atoms with E-state index in [-0.39, 0.29) is 0 Å². The average molecular weight is 333 g/mol. The molecule has 0 aliphatic carbocycles. The molecule has 1 atom stereocenters.